The van der Waals surface area contributed by atoms with E-state index in [1.165, 1.54) is 10.8 Å². The summed E-state index contributed by atoms with van der Waals surface area (Å²) in [6.45, 7) is 0. The standard InChI is InChI=1S/C2H6S4/c3-1-2(4)6-5/h2-5H,1H2. The molecule has 0 radical (unpaired) electrons. The molecule has 0 aromatic rings. The fraction of sp³-hybridized carbons (Fsp3) is 1.00. The highest BCUT2D eigenvalue weighted by Crippen LogP contribution is 2.18. The number of rotatable bonds is 2. The maximum atomic E-state index is 4.04. The topological polar surface area (TPSA) is 0 Å². The van der Waals surface area contributed by atoms with Crippen molar-refractivity contribution in [2.45, 2.75) is 4.58 Å². The van der Waals surface area contributed by atoms with Gasteiger partial charge in [-0.05, 0) is 0 Å². The fourth-order valence-corrected chi connectivity index (χ4v) is 0.900. The first kappa shape index (κ1) is 7.40. The van der Waals surface area contributed by atoms with Crippen molar-refractivity contribution in [2.24, 2.45) is 0 Å². The summed E-state index contributed by atoms with van der Waals surface area (Å²) in [6, 6.07) is 0. The van der Waals surface area contributed by atoms with E-state index in [1.54, 1.807) is 0 Å². The summed E-state index contributed by atoms with van der Waals surface area (Å²) in [5.74, 6) is 0.775. The minimum Gasteiger partial charge on any atom is -0.177 e. The summed E-state index contributed by atoms with van der Waals surface area (Å²) in [5, 5.41) is 0. The van der Waals surface area contributed by atoms with E-state index in [1.807, 2.05) is 0 Å². The maximum absolute atomic E-state index is 4.04. The van der Waals surface area contributed by atoms with Crippen LogP contribution in [0.3, 0.4) is 0 Å². The van der Waals surface area contributed by atoms with Gasteiger partial charge in [0.05, 0.1) is 4.58 Å². The molecule has 1 unspecified atom stereocenters. The Labute approximate surface area is 58.1 Å². The Morgan fingerprint density at radius 3 is 2.17 bits per heavy atom. The van der Waals surface area contributed by atoms with E-state index in [0.717, 1.165) is 5.75 Å². The smallest absolute Gasteiger partial charge is 0.0661 e. The highest BCUT2D eigenvalue weighted by Gasteiger charge is 1.92. The van der Waals surface area contributed by atoms with E-state index >= 15 is 0 Å². The molecule has 0 aliphatic carbocycles. The number of hydrogen-bond acceptors (Lipinski definition) is 4. The molecular weight excluding hydrogens is 152 g/mol. The molecule has 0 aromatic heterocycles. The molecule has 0 N–H and O–H groups in total. The molecule has 38 valence electrons. The lowest BCUT2D eigenvalue weighted by Crippen LogP contribution is -1.87. The van der Waals surface area contributed by atoms with Gasteiger partial charge in [0.25, 0.3) is 0 Å². The third-order valence-electron chi connectivity index (χ3n) is 0.278. The number of thiol groups is 3. The predicted molar refractivity (Wildman–Crippen MR) is 43.2 cm³/mol. The van der Waals surface area contributed by atoms with Crippen LogP contribution in [0, 0.1) is 0 Å². The molecule has 0 spiro atoms. The van der Waals surface area contributed by atoms with Crippen molar-refractivity contribution in [1.82, 2.24) is 0 Å². The van der Waals surface area contributed by atoms with Crippen LogP contribution in [0.25, 0.3) is 0 Å². The second kappa shape index (κ2) is 4.56. The molecule has 0 saturated carbocycles. The van der Waals surface area contributed by atoms with Crippen molar-refractivity contribution in [3.05, 3.63) is 0 Å². The van der Waals surface area contributed by atoms with Crippen LogP contribution in [0.1, 0.15) is 0 Å². The SMILES string of the molecule is SCC(S)SS. The van der Waals surface area contributed by atoms with E-state index in [2.05, 4.69) is 36.9 Å². The van der Waals surface area contributed by atoms with Gasteiger partial charge in [0.15, 0.2) is 0 Å². The highest BCUT2D eigenvalue weighted by atomic mass is 33.1. The molecule has 0 fully saturated rings. The molecule has 0 bridgehead atoms. The van der Waals surface area contributed by atoms with Gasteiger partial charge < -0.3 is 0 Å². The van der Waals surface area contributed by atoms with Crippen LogP contribution in [0.15, 0.2) is 0 Å². The third kappa shape index (κ3) is 3.59. The Bertz CT molecular complexity index is 24.7. The van der Waals surface area contributed by atoms with Gasteiger partial charge in [-0.2, -0.15) is 25.3 Å². The average molecular weight is 158 g/mol. The van der Waals surface area contributed by atoms with Crippen LogP contribution < -0.4 is 0 Å². The van der Waals surface area contributed by atoms with Gasteiger partial charge in [0.1, 0.15) is 0 Å². The summed E-state index contributed by atoms with van der Waals surface area (Å²) in [4.78, 5) is 0. The van der Waals surface area contributed by atoms with Gasteiger partial charge >= 0.3 is 0 Å². The molecule has 4 heteroatoms. The molecule has 6 heavy (non-hydrogen) atoms. The summed E-state index contributed by atoms with van der Waals surface area (Å²) < 4.78 is 0.275. The molecule has 0 saturated heterocycles. The normalized spacial score (nSPS) is 14.5. The molecule has 0 amide bonds. The minimum atomic E-state index is 0.275. The molecule has 0 nitrogen and oxygen atoms in total. The van der Waals surface area contributed by atoms with Crippen LogP contribution in [-0.2, 0) is 0 Å². The van der Waals surface area contributed by atoms with E-state index in [4.69, 9.17) is 0 Å². The third-order valence-corrected chi connectivity index (χ3v) is 3.35. The molecule has 0 aromatic carbocycles. The van der Waals surface area contributed by atoms with Gasteiger partial charge in [-0.3, -0.25) is 0 Å². The Balaban J connectivity index is 2.75. The van der Waals surface area contributed by atoms with Crippen molar-refractivity contribution < 1.29 is 0 Å². The molecular formula is C2H6S4. The lowest BCUT2D eigenvalue weighted by molar-refractivity contribution is 1.49. The summed E-state index contributed by atoms with van der Waals surface area (Å²) >= 11 is 11.9. The maximum Gasteiger partial charge on any atom is 0.0661 e. The summed E-state index contributed by atoms with van der Waals surface area (Å²) in [7, 11) is 1.41. The Hall–Kier alpha value is 1.40. The summed E-state index contributed by atoms with van der Waals surface area (Å²) in [5.41, 5.74) is 0. The van der Waals surface area contributed by atoms with Gasteiger partial charge in [-0.15, -0.1) is 11.7 Å². The highest BCUT2D eigenvalue weighted by molar-refractivity contribution is 8.70. The summed E-state index contributed by atoms with van der Waals surface area (Å²) in [6.07, 6.45) is 0. The molecule has 0 heterocycles. The van der Waals surface area contributed by atoms with Crippen LogP contribution in [0.4, 0.5) is 0 Å². The van der Waals surface area contributed by atoms with Crippen molar-refractivity contribution in [3.63, 3.8) is 0 Å². The molecule has 0 aliphatic rings. The Morgan fingerprint density at radius 2 is 2.17 bits per heavy atom. The van der Waals surface area contributed by atoms with E-state index in [9.17, 15) is 0 Å². The fourth-order valence-electron chi connectivity index (χ4n) is 0.0333. The molecule has 1 atom stereocenters. The Kier molecular flexibility index (Phi) is 5.62. The first-order valence-corrected chi connectivity index (χ1v) is 4.48. The predicted octanol–water partition coefficient (Wildman–Crippen LogP) is 1.75. The lowest BCUT2D eigenvalue weighted by atomic mass is 10.9. The van der Waals surface area contributed by atoms with Crippen molar-refractivity contribution >= 4 is 47.7 Å². The van der Waals surface area contributed by atoms with Crippen LogP contribution in [0.2, 0.25) is 0 Å². The monoisotopic (exact) mass is 158 g/mol. The van der Waals surface area contributed by atoms with E-state index < -0.39 is 0 Å². The first-order valence-electron chi connectivity index (χ1n) is 1.40. The van der Waals surface area contributed by atoms with Crippen molar-refractivity contribution in [1.29, 1.82) is 0 Å². The molecule has 0 rings (SSSR count). The van der Waals surface area contributed by atoms with Crippen molar-refractivity contribution in [3.8, 4) is 0 Å². The van der Waals surface area contributed by atoms with Crippen molar-refractivity contribution in [2.75, 3.05) is 5.75 Å². The zero-order valence-electron chi connectivity index (χ0n) is 3.03. The van der Waals surface area contributed by atoms with Crippen LogP contribution in [-0.4, -0.2) is 10.3 Å². The lowest BCUT2D eigenvalue weighted by Gasteiger charge is -1.95. The van der Waals surface area contributed by atoms with Gasteiger partial charge in [0.2, 0.25) is 0 Å². The zero-order valence-corrected chi connectivity index (χ0v) is 6.53. The second-order valence-corrected chi connectivity index (χ2v) is 3.49. The zero-order chi connectivity index (χ0) is 4.99. The quantitative estimate of drug-likeness (QED) is 0.313. The minimum absolute atomic E-state index is 0.275. The number of hydrogen-bond donors (Lipinski definition) is 3. The largest absolute Gasteiger partial charge is 0.177 e. The van der Waals surface area contributed by atoms with E-state index in [0.29, 0.717) is 0 Å². The van der Waals surface area contributed by atoms with Crippen LogP contribution >= 0.6 is 47.7 Å². The first-order chi connectivity index (χ1) is 2.81. The van der Waals surface area contributed by atoms with Gasteiger partial charge in [-0.1, -0.05) is 10.8 Å². The van der Waals surface area contributed by atoms with Gasteiger partial charge in [0, 0.05) is 5.75 Å². The Morgan fingerprint density at radius 1 is 1.67 bits per heavy atom. The van der Waals surface area contributed by atoms with Gasteiger partial charge in [-0.25, -0.2) is 0 Å². The average Bonchev–Trinajstić information content (AvgIpc) is 1.65. The van der Waals surface area contributed by atoms with E-state index in [-0.39, 0.29) is 4.58 Å². The second-order valence-electron chi connectivity index (χ2n) is 0.743. The molecule has 0 aliphatic heterocycles. The van der Waals surface area contributed by atoms with Crippen LogP contribution in [0.5, 0.6) is 0 Å².